The summed E-state index contributed by atoms with van der Waals surface area (Å²) >= 11 is 0. The van der Waals surface area contributed by atoms with Gasteiger partial charge in [-0.25, -0.2) is 9.97 Å². The van der Waals surface area contributed by atoms with Crippen molar-refractivity contribution < 1.29 is 4.74 Å². The van der Waals surface area contributed by atoms with E-state index >= 15 is 0 Å². The van der Waals surface area contributed by atoms with Gasteiger partial charge in [0.25, 0.3) is 0 Å². The van der Waals surface area contributed by atoms with E-state index in [1.54, 1.807) is 13.3 Å². The predicted octanol–water partition coefficient (Wildman–Crippen LogP) is 5.61. The maximum Gasteiger partial charge on any atom is 0.212 e. The number of pyridine rings is 2. The molecule has 0 atom stereocenters. The molecule has 0 bridgehead atoms. The minimum Gasteiger partial charge on any atom is -0.481 e. The number of rotatable bonds is 6. The van der Waals surface area contributed by atoms with Crippen molar-refractivity contribution in [3.63, 3.8) is 0 Å². The number of hydrogen-bond donors (Lipinski definition) is 1. The third kappa shape index (κ3) is 3.26. The van der Waals surface area contributed by atoms with Gasteiger partial charge in [0.1, 0.15) is 5.82 Å². The molecule has 152 valence electrons. The first-order chi connectivity index (χ1) is 14.6. The van der Waals surface area contributed by atoms with Crippen molar-refractivity contribution in [1.29, 1.82) is 0 Å². The average molecular weight is 398 g/mol. The van der Waals surface area contributed by atoms with Gasteiger partial charge in [-0.15, -0.1) is 0 Å². The molecule has 0 saturated heterocycles. The molecule has 4 heteroatoms. The molecule has 0 spiro atoms. The van der Waals surface area contributed by atoms with Gasteiger partial charge < -0.3 is 10.1 Å². The number of hydrogen-bond acceptors (Lipinski definition) is 4. The van der Waals surface area contributed by atoms with E-state index in [1.807, 2.05) is 18.2 Å². The number of aromatic nitrogens is 2. The van der Waals surface area contributed by atoms with E-state index in [2.05, 4.69) is 48.1 Å². The third-order valence-electron chi connectivity index (χ3n) is 6.57. The maximum absolute atomic E-state index is 5.17. The first kappa shape index (κ1) is 18.9. The van der Waals surface area contributed by atoms with E-state index < -0.39 is 0 Å². The highest BCUT2D eigenvalue weighted by Crippen LogP contribution is 2.53. The Morgan fingerprint density at radius 1 is 1.07 bits per heavy atom. The lowest BCUT2D eigenvalue weighted by Crippen LogP contribution is -2.17. The predicted molar refractivity (Wildman–Crippen MR) is 121 cm³/mol. The second kappa shape index (κ2) is 7.28. The molecule has 3 aromatic rings. The average Bonchev–Trinajstić information content (AvgIpc) is 3.46. The van der Waals surface area contributed by atoms with E-state index in [9.17, 15) is 0 Å². The number of nitrogens with one attached hydrogen (secondary N) is 1. The Bertz CT molecular complexity index is 1110. The summed E-state index contributed by atoms with van der Waals surface area (Å²) in [5.41, 5.74) is 8.51. The van der Waals surface area contributed by atoms with Gasteiger partial charge in [-0.05, 0) is 73.4 Å². The van der Waals surface area contributed by atoms with Crippen molar-refractivity contribution in [2.75, 3.05) is 12.4 Å². The van der Waals surface area contributed by atoms with E-state index in [-0.39, 0.29) is 5.41 Å². The van der Waals surface area contributed by atoms with Crippen LogP contribution < -0.4 is 10.1 Å². The molecule has 1 saturated carbocycles. The van der Waals surface area contributed by atoms with Crippen LogP contribution in [0.15, 0.2) is 60.9 Å². The standard InChI is InChI=1S/C26H27N3O/c1-17-7-11-23(29-25(17)21-9-12-24(30-3)27-16-21)28-18(2)26(13-14-26)22-10-8-19-5-4-6-20(19)15-22/h7-12,15-16H,2,4-6,13-14H2,1,3H3,(H,28,29). The maximum atomic E-state index is 5.17. The first-order valence-electron chi connectivity index (χ1n) is 10.7. The Labute approximate surface area is 178 Å². The second-order valence-corrected chi connectivity index (χ2v) is 8.47. The minimum atomic E-state index is 0.0337. The third-order valence-corrected chi connectivity index (χ3v) is 6.57. The fraction of sp³-hybridized carbons (Fsp3) is 0.308. The molecule has 2 aliphatic rings. The SMILES string of the molecule is C=C(Nc1ccc(C)c(-c2ccc(OC)nc2)n1)C1(c2ccc3c(c2)CCC3)CC1. The van der Waals surface area contributed by atoms with Gasteiger partial charge in [0.15, 0.2) is 0 Å². The van der Waals surface area contributed by atoms with Crippen molar-refractivity contribution in [2.45, 2.75) is 44.4 Å². The number of ether oxygens (including phenoxy) is 1. The lowest BCUT2D eigenvalue weighted by Gasteiger charge is -2.22. The van der Waals surface area contributed by atoms with Crippen LogP contribution in [0.2, 0.25) is 0 Å². The summed E-state index contributed by atoms with van der Waals surface area (Å²) in [5.74, 6) is 1.42. The normalized spacial score (nSPS) is 16.1. The molecule has 1 aromatic carbocycles. The Hall–Kier alpha value is -3.14. The van der Waals surface area contributed by atoms with Gasteiger partial charge in [0, 0.05) is 28.9 Å². The first-order valence-corrected chi connectivity index (χ1v) is 10.7. The molecular weight excluding hydrogens is 370 g/mol. The number of benzene rings is 1. The van der Waals surface area contributed by atoms with Crippen molar-refractivity contribution in [3.05, 3.63) is 83.2 Å². The fourth-order valence-corrected chi connectivity index (χ4v) is 4.57. The lowest BCUT2D eigenvalue weighted by atomic mass is 9.90. The Morgan fingerprint density at radius 2 is 1.90 bits per heavy atom. The van der Waals surface area contributed by atoms with Crippen LogP contribution in [0.5, 0.6) is 5.88 Å². The van der Waals surface area contributed by atoms with Gasteiger partial charge in [0.05, 0.1) is 12.8 Å². The second-order valence-electron chi connectivity index (χ2n) is 8.47. The molecule has 5 rings (SSSR count). The summed E-state index contributed by atoms with van der Waals surface area (Å²) in [6.07, 6.45) is 7.79. The quantitative estimate of drug-likeness (QED) is 0.587. The number of nitrogens with zero attached hydrogens (tertiary/aromatic N) is 2. The largest absolute Gasteiger partial charge is 0.481 e. The number of fused-ring (bicyclic) bond motifs is 1. The summed E-state index contributed by atoms with van der Waals surface area (Å²) in [6.45, 7) is 6.49. The number of methoxy groups -OCH3 is 1. The van der Waals surface area contributed by atoms with Crippen molar-refractivity contribution in [1.82, 2.24) is 9.97 Å². The van der Waals surface area contributed by atoms with Gasteiger partial charge in [-0.1, -0.05) is 30.8 Å². The van der Waals surface area contributed by atoms with Crippen LogP contribution in [0.25, 0.3) is 11.3 Å². The summed E-state index contributed by atoms with van der Waals surface area (Å²) in [6, 6.07) is 15.0. The Morgan fingerprint density at radius 3 is 2.63 bits per heavy atom. The molecule has 0 aliphatic heterocycles. The van der Waals surface area contributed by atoms with E-state index in [1.165, 1.54) is 36.0 Å². The zero-order chi connectivity index (χ0) is 20.7. The van der Waals surface area contributed by atoms with Gasteiger partial charge in [-0.3, -0.25) is 0 Å². The zero-order valence-corrected chi connectivity index (χ0v) is 17.7. The summed E-state index contributed by atoms with van der Waals surface area (Å²) in [4.78, 5) is 9.20. The smallest absolute Gasteiger partial charge is 0.212 e. The summed E-state index contributed by atoms with van der Waals surface area (Å²) in [5, 5.41) is 3.52. The van der Waals surface area contributed by atoms with Gasteiger partial charge >= 0.3 is 0 Å². The van der Waals surface area contributed by atoms with Crippen LogP contribution >= 0.6 is 0 Å². The monoisotopic (exact) mass is 397 g/mol. The molecular formula is C26H27N3O. The summed E-state index contributed by atoms with van der Waals surface area (Å²) < 4.78 is 5.17. The molecule has 2 aliphatic carbocycles. The molecule has 0 unspecified atom stereocenters. The lowest BCUT2D eigenvalue weighted by molar-refractivity contribution is 0.398. The van der Waals surface area contributed by atoms with Crippen LogP contribution in [-0.4, -0.2) is 17.1 Å². The number of allylic oxidation sites excluding steroid dienone is 1. The number of aryl methyl sites for hydroxylation is 3. The van der Waals surface area contributed by atoms with Crippen LogP contribution in [-0.2, 0) is 18.3 Å². The molecule has 2 heterocycles. The highest BCUT2D eigenvalue weighted by atomic mass is 16.5. The van der Waals surface area contributed by atoms with Gasteiger partial charge in [-0.2, -0.15) is 0 Å². The minimum absolute atomic E-state index is 0.0337. The van der Waals surface area contributed by atoms with Crippen LogP contribution in [0.1, 0.15) is 41.5 Å². The highest BCUT2D eigenvalue weighted by Gasteiger charge is 2.47. The van der Waals surface area contributed by atoms with Crippen molar-refractivity contribution >= 4 is 5.82 Å². The van der Waals surface area contributed by atoms with Crippen molar-refractivity contribution in [3.8, 4) is 17.1 Å². The number of anilines is 1. The molecule has 0 amide bonds. The molecule has 1 fully saturated rings. The molecule has 30 heavy (non-hydrogen) atoms. The Kier molecular flexibility index (Phi) is 4.58. The van der Waals surface area contributed by atoms with Crippen LogP contribution in [0, 0.1) is 6.92 Å². The fourth-order valence-electron chi connectivity index (χ4n) is 4.57. The zero-order valence-electron chi connectivity index (χ0n) is 17.7. The molecule has 4 nitrogen and oxygen atoms in total. The van der Waals surface area contributed by atoms with Crippen LogP contribution in [0.3, 0.4) is 0 Å². The van der Waals surface area contributed by atoms with Gasteiger partial charge in [0.2, 0.25) is 5.88 Å². The van der Waals surface area contributed by atoms with Crippen LogP contribution in [0.4, 0.5) is 5.82 Å². The van der Waals surface area contributed by atoms with Crippen molar-refractivity contribution in [2.24, 2.45) is 0 Å². The van der Waals surface area contributed by atoms with E-state index in [0.717, 1.165) is 41.2 Å². The summed E-state index contributed by atoms with van der Waals surface area (Å²) in [7, 11) is 1.62. The molecule has 0 radical (unpaired) electrons. The molecule has 2 aromatic heterocycles. The Balaban J connectivity index is 1.39. The topological polar surface area (TPSA) is 47.0 Å². The highest BCUT2D eigenvalue weighted by molar-refractivity contribution is 5.65. The van der Waals surface area contributed by atoms with E-state index in [0.29, 0.717) is 5.88 Å². The van der Waals surface area contributed by atoms with E-state index in [4.69, 9.17) is 9.72 Å². The molecule has 1 N–H and O–H groups in total.